The van der Waals surface area contributed by atoms with E-state index in [4.69, 9.17) is 4.74 Å². The zero-order valence-corrected chi connectivity index (χ0v) is 18.4. The van der Waals surface area contributed by atoms with Crippen LogP contribution in [0.15, 0.2) is 6.07 Å². The maximum Gasteiger partial charge on any atom is 0.219 e. The zero-order chi connectivity index (χ0) is 20.9. The van der Waals surface area contributed by atoms with Gasteiger partial charge in [-0.25, -0.2) is 0 Å². The Kier molecular flexibility index (Phi) is 5.11. The number of amides is 1. The van der Waals surface area contributed by atoms with Crippen molar-refractivity contribution < 1.29 is 9.53 Å². The highest BCUT2D eigenvalue weighted by molar-refractivity contribution is 5.75. The number of nitriles is 1. The molecule has 5 heteroatoms. The monoisotopic (exact) mass is 395 g/mol. The lowest BCUT2D eigenvalue weighted by Gasteiger charge is -2.45. The van der Waals surface area contributed by atoms with E-state index in [2.05, 4.69) is 44.7 Å². The third-order valence-electron chi connectivity index (χ3n) is 6.83. The Labute approximate surface area is 174 Å². The molecule has 2 heterocycles. The molecule has 1 aromatic rings. The minimum Gasteiger partial charge on any atom is -0.371 e. The van der Waals surface area contributed by atoms with Crippen molar-refractivity contribution in [3.63, 3.8) is 0 Å². The molecule has 1 saturated carbocycles. The minimum absolute atomic E-state index is 0.145. The van der Waals surface area contributed by atoms with Crippen LogP contribution in [0, 0.1) is 17.2 Å². The Balaban J connectivity index is 1.77. The number of anilines is 1. The van der Waals surface area contributed by atoms with Gasteiger partial charge in [-0.3, -0.25) is 4.79 Å². The number of rotatable bonds is 3. The predicted molar refractivity (Wildman–Crippen MR) is 114 cm³/mol. The second kappa shape index (κ2) is 7.32. The van der Waals surface area contributed by atoms with Gasteiger partial charge in [0, 0.05) is 33.0 Å². The fourth-order valence-corrected chi connectivity index (χ4v) is 5.02. The standard InChI is InChI=1S/C24H33N3O2/c1-15(2)23-13-26(8-9-27(23)16(3)28)22-10-18(17-6-7-17)21-14-29-24(4,5)11-19(21)20(22)12-25/h10,15,17,23H,6-9,11,13-14H2,1-5H3. The van der Waals surface area contributed by atoms with Crippen LogP contribution in [-0.4, -0.2) is 42.1 Å². The quantitative estimate of drug-likeness (QED) is 0.777. The van der Waals surface area contributed by atoms with E-state index in [0.29, 0.717) is 25.0 Å². The molecule has 3 aliphatic rings. The average molecular weight is 396 g/mol. The van der Waals surface area contributed by atoms with E-state index in [9.17, 15) is 10.1 Å². The van der Waals surface area contributed by atoms with Crippen molar-refractivity contribution in [1.82, 2.24) is 4.90 Å². The van der Waals surface area contributed by atoms with Gasteiger partial charge in [0.2, 0.25) is 5.91 Å². The van der Waals surface area contributed by atoms with Crippen LogP contribution >= 0.6 is 0 Å². The van der Waals surface area contributed by atoms with Gasteiger partial charge >= 0.3 is 0 Å². The Hall–Kier alpha value is -2.06. The number of ether oxygens (including phenoxy) is 1. The van der Waals surface area contributed by atoms with Gasteiger partial charge in [0.1, 0.15) is 6.07 Å². The van der Waals surface area contributed by atoms with Crippen LogP contribution in [0.1, 0.15) is 75.6 Å². The van der Waals surface area contributed by atoms with Crippen molar-refractivity contribution >= 4 is 11.6 Å². The van der Waals surface area contributed by atoms with Crippen molar-refractivity contribution in [3.05, 3.63) is 28.3 Å². The summed E-state index contributed by atoms with van der Waals surface area (Å²) in [5, 5.41) is 10.2. The second-order valence-electron chi connectivity index (χ2n) is 9.90. The van der Waals surface area contributed by atoms with Crippen LogP contribution in [0.5, 0.6) is 0 Å². The molecule has 0 N–H and O–H groups in total. The van der Waals surface area contributed by atoms with Gasteiger partial charge in [0.15, 0.2) is 0 Å². The van der Waals surface area contributed by atoms with E-state index >= 15 is 0 Å². The molecular weight excluding hydrogens is 362 g/mol. The summed E-state index contributed by atoms with van der Waals surface area (Å²) >= 11 is 0. The summed E-state index contributed by atoms with van der Waals surface area (Å²) in [6.07, 6.45) is 3.24. The summed E-state index contributed by atoms with van der Waals surface area (Å²) < 4.78 is 6.12. The molecule has 1 saturated heterocycles. The molecule has 1 amide bonds. The highest BCUT2D eigenvalue weighted by Crippen LogP contribution is 2.47. The normalized spacial score (nSPS) is 23.7. The summed E-state index contributed by atoms with van der Waals surface area (Å²) in [4.78, 5) is 16.5. The van der Waals surface area contributed by atoms with Crippen LogP contribution in [0.2, 0.25) is 0 Å². The Morgan fingerprint density at radius 2 is 2.00 bits per heavy atom. The van der Waals surface area contributed by atoms with Gasteiger partial charge in [-0.15, -0.1) is 0 Å². The molecule has 1 unspecified atom stereocenters. The fraction of sp³-hybridized carbons (Fsp3) is 0.667. The molecule has 2 aliphatic heterocycles. The number of piperazine rings is 1. The van der Waals surface area contributed by atoms with E-state index in [-0.39, 0.29) is 17.6 Å². The molecule has 1 aliphatic carbocycles. The van der Waals surface area contributed by atoms with Gasteiger partial charge in [-0.1, -0.05) is 13.8 Å². The molecule has 1 atom stereocenters. The summed E-state index contributed by atoms with van der Waals surface area (Å²) in [7, 11) is 0. The van der Waals surface area contributed by atoms with E-state index < -0.39 is 0 Å². The molecule has 4 rings (SSSR count). The van der Waals surface area contributed by atoms with Crippen LogP contribution in [0.4, 0.5) is 5.69 Å². The van der Waals surface area contributed by atoms with E-state index in [0.717, 1.165) is 30.8 Å². The molecular formula is C24H33N3O2. The molecule has 1 aromatic carbocycles. The molecule has 156 valence electrons. The first kappa shape index (κ1) is 20.2. The van der Waals surface area contributed by atoms with Crippen molar-refractivity contribution in [2.75, 3.05) is 24.5 Å². The Morgan fingerprint density at radius 3 is 2.59 bits per heavy atom. The SMILES string of the molecule is CC(=O)N1CCN(c2cc(C3CC3)c3c(c2C#N)CC(C)(C)OC3)CC1C(C)C. The lowest BCUT2D eigenvalue weighted by Crippen LogP contribution is -2.57. The van der Waals surface area contributed by atoms with Crippen molar-refractivity contribution in [1.29, 1.82) is 5.26 Å². The molecule has 0 radical (unpaired) electrons. The van der Waals surface area contributed by atoms with Crippen molar-refractivity contribution in [2.24, 2.45) is 5.92 Å². The summed E-state index contributed by atoms with van der Waals surface area (Å²) in [6, 6.07) is 5.00. The Bertz CT molecular complexity index is 864. The molecule has 0 bridgehead atoms. The Morgan fingerprint density at radius 1 is 1.28 bits per heavy atom. The van der Waals surface area contributed by atoms with Gasteiger partial charge in [-0.2, -0.15) is 5.26 Å². The number of carbonyl (C=O) groups excluding carboxylic acids is 1. The lowest BCUT2D eigenvalue weighted by atomic mass is 9.83. The first-order chi connectivity index (χ1) is 13.7. The number of benzene rings is 1. The smallest absolute Gasteiger partial charge is 0.219 e. The summed E-state index contributed by atoms with van der Waals surface area (Å²) in [5.74, 6) is 1.13. The molecule has 0 spiro atoms. The van der Waals surface area contributed by atoms with Gasteiger partial charge < -0.3 is 14.5 Å². The first-order valence-electron chi connectivity index (χ1n) is 11.0. The third-order valence-corrected chi connectivity index (χ3v) is 6.83. The van der Waals surface area contributed by atoms with Crippen LogP contribution in [0.25, 0.3) is 0 Å². The van der Waals surface area contributed by atoms with E-state index in [1.165, 1.54) is 29.5 Å². The molecule has 29 heavy (non-hydrogen) atoms. The van der Waals surface area contributed by atoms with Crippen molar-refractivity contribution in [2.45, 2.75) is 78.0 Å². The van der Waals surface area contributed by atoms with Crippen LogP contribution in [-0.2, 0) is 22.6 Å². The van der Waals surface area contributed by atoms with Crippen LogP contribution in [0.3, 0.4) is 0 Å². The fourth-order valence-electron chi connectivity index (χ4n) is 5.02. The number of hydrogen-bond acceptors (Lipinski definition) is 4. The third kappa shape index (κ3) is 3.75. The number of carbonyl (C=O) groups is 1. The van der Waals surface area contributed by atoms with E-state index in [1.807, 2.05) is 4.90 Å². The number of nitrogens with zero attached hydrogens (tertiary/aromatic N) is 3. The first-order valence-corrected chi connectivity index (χ1v) is 11.0. The van der Waals surface area contributed by atoms with Gasteiger partial charge in [0.25, 0.3) is 0 Å². The summed E-state index contributed by atoms with van der Waals surface area (Å²) in [5.41, 5.74) is 5.48. The highest BCUT2D eigenvalue weighted by Gasteiger charge is 2.38. The average Bonchev–Trinajstić information content (AvgIpc) is 3.50. The number of fused-ring (bicyclic) bond motifs is 1. The molecule has 2 fully saturated rings. The lowest BCUT2D eigenvalue weighted by molar-refractivity contribution is -0.132. The predicted octanol–water partition coefficient (Wildman–Crippen LogP) is 3.98. The maximum absolute atomic E-state index is 12.1. The number of hydrogen-bond donors (Lipinski definition) is 0. The maximum atomic E-state index is 12.1. The summed E-state index contributed by atoms with van der Waals surface area (Å²) in [6.45, 7) is 13.1. The molecule has 0 aromatic heterocycles. The van der Waals surface area contributed by atoms with E-state index in [1.54, 1.807) is 6.92 Å². The molecule has 5 nitrogen and oxygen atoms in total. The largest absolute Gasteiger partial charge is 0.371 e. The van der Waals surface area contributed by atoms with Crippen molar-refractivity contribution in [3.8, 4) is 6.07 Å². The highest BCUT2D eigenvalue weighted by atomic mass is 16.5. The van der Waals surface area contributed by atoms with Crippen LogP contribution < -0.4 is 4.90 Å². The minimum atomic E-state index is -0.244. The van der Waals surface area contributed by atoms with Gasteiger partial charge in [0.05, 0.1) is 29.5 Å². The topological polar surface area (TPSA) is 56.6 Å². The van der Waals surface area contributed by atoms with Gasteiger partial charge in [-0.05, 0) is 61.3 Å². The second-order valence-corrected chi connectivity index (χ2v) is 9.90. The zero-order valence-electron chi connectivity index (χ0n) is 18.4.